The zero-order valence-electron chi connectivity index (χ0n) is 16.5. The molecule has 0 spiro atoms. The number of rotatable bonds is 7. The Balaban J connectivity index is 0.00000320. The Bertz CT molecular complexity index is 1050. The van der Waals surface area contributed by atoms with Crippen molar-refractivity contribution in [3.8, 4) is 5.75 Å². The summed E-state index contributed by atoms with van der Waals surface area (Å²) in [5, 5.41) is 18.7. The standard InChI is InChI=1S/C20H16BN2O5.Y/c1-12-10-23(18(22-12)20(26)27)11-13-7-8-16(15(21)9-13)28-17(19(24)25)14-5-3-2-4-6-14;/h2-9,17H,11H2,1H3,(H,24,25)(H,26,27);/q-1;/i8D;. The van der Waals surface area contributed by atoms with Crippen LogP contribution >= 0.6 is 0 Å². The van der Waals surface area contributed by atoms with Crippen LogP contribution in [0.3, 0.4) is 0 Å². The van der Waals surface area contributed by atoms with Crippen molar-refractivity contribution in [1.82, 2.24) is 9.55 Å². The maximum absolute atomic E-state index is 11.6. The molecular formula is C20H16BN2O5Y-. The summed E-state index contributed by atoms with van der Waals surface area (Å²) >= 11 is 0. The van der Waals surface area contributed by atoms with Gasteiger partial charge < -0.3 is 24.5 Å². The van der Waals surface area contributed by atoms with Crippen LogP contribution < -0.4 is 10.2 Å². The average molecular weight is 465 g/mol. The predicted octanol–water partition coefficient (Wildman–Crippen LogP) is 1.73. The fraction of sp³-hybridized carbons (Fsp3) is 0.150. The third-order valence-electron chi connectivity index (χ3n) is 3.91. The molecule has 7 nitrogen and oxygen atoms in total. The van der Waals surface area contributed by atoms with Gasteiger partial charge in [-0.3, -0.25) is 4.79 Å². The van der Waals surface area contributed by atoms with E-state index in [1.54, 1.807) is 37.3 Å². The minimum atomic E-state index is -1.32. The van der Waals surface area contributed by atoms with Crippen LogP contribution in [0.5, 0.6) is 5.75 Å². The molecule has 0 aliphatic heterocycles. The molecule has 1 aromatic heterocycles. The zero-order valence-corrected chi connectivity index (χ0v) is 18.3. The Kier molecular flexibility index (Phi) is 7.23. The minimum Gasteiger partial charge on any atom is -0.489 e. The van der Waals surface area contributed by atoms with E-state index >= 15 is 0 Å². The largest absolute Gasteiger partial charge is 0.489 e. The van der Waals surface area contributed by atoms with E-state index in [-0.39, 0.29) is 62.3 Å². The zero-order chi connectivity index (χ0) is 21.1. The Morgan fingerprint density at radius 1 is 1.31 bits per heavy atom. The number of ether oxygens (including phenoxy) is 1. The molecule has 3 radical (unpaired) electrons. The van der Waals surface area contributed by atoms with Crippen LogP contribution in [-0.2, 0) is 44.0 Å². The molecule has 0 bridgehead atoms. The van der Waals surface area contributed by atoms with Crippen LogP contribution in [0.15, 0.2) is 48.5 Å². The third kappa shape index (κ3) is 5.55. The van der Waals surface area contributed by atoms with Gasteiger partial charge in [-0.05, 0) is 18.5 Å². The quantitative estimate of drug-likeness (QED) is 0.408. The van der Waals surface area contributed by atoms with Crippen molar-refractivity contribution in [1.29, 1.82) is 0 Å². The third-order valence-corrected chi connectivity index (χ3v) is 3.91. The van der Waals surface area contributed by atoms with E-state index in [9.17, 15) is 19.8 Å². The van der Waals surface area contributed by atoms with Gasteiger partial charge in [0, 0.05) is 44.8 Å². The molecule has 3 aromatic rings. The van der Waals surface area contributed by atoms with Gasteiger partial charge in [-0.2, -0.15) is 0 Å². The molecule has 29 heavy (non-hydrogen) atoms. The summed E-state index contributed by atoms with van der Waals surface area (Å²) in [6.45, 7) is 1.71. The molecular weight excluding hydrogens is 448 g/mol. The molecule has 0 aliphatic rings. The van der Waals surface area contributed by atoms with Crippen molar-refractivity contribution >= 4 is 25.2 Å². The van der Waals surface area contributed by atoms with Gasteiger partial charge in [0.1, 0.15) is 13.6 Å². The fourth-order valence-corrected chi connectivity index (χ4v) is 2.70. The molecule has 0 fully saturated rings. The van der Waals surface area contributed by atoms with E-state index < -0.39 is 18.0 Å². The number of hydrogen-bond acceptors (Lipinski definition) is 4. The molecule has 3 rings (SSSR count). The normalized spacial score (nSPS) is 11.8. The first-order valence-corrected chi connectivity index (χ1v) is 8.29. The number of aliphatic carboxylic acids is 1. The summed E-state index contributed by atoms with van der Waals surface area (Å²) < 4.78 is 15.1. The van der Waals surface area contributed by atoms with E-state index in [2.05, 4.69) is 11.2 Å². The van der Waals surface area contributed by atoms with Crippen molar-refractivity contribution in [2.45, 2.75) is 19.6 Å². The van der Waals surface area contributed by atoms with Crippen LogP contribution in [-0.4, -0.2) is 39.5 Å². The fourth-order valence-electron chi connectivity index (χ4n) is 2.70. The summed E-state index contributed by atoms with van der Waals surface area (Å²) in [7, 11) is 6.02. The van der Waals surface area contributed by atoms with Crippen LogP contribution in [0.4, 0.5) is 0 Å². The number of carboxylic acids is 2. The Labute approximate surface area is 195 Å². The molecule has 0 saturated carbocycles. The van der Waals surface area contributed by atoms with Gasteiger partial charge in [0.25, 0.3) is 5.97 Å². The van der Waals surface area contributed by atoms with Crippen LogP contribution in [0.25, 0.3) is 0 Å². The van der Waals surface area contributed by atoms with Crippen LogP contribution in [0.2, 0.25) is 0 Å². The second-order valence-corrected chi connectivity index (χ2v) is 6.06. The summed E-state index contributed by atoms with van der Waals surface area (Å²) in [6, 6.07) is 11.2. The molecule has 0 saturated heterocycles. The molecule has 2 N–H and O–H groups in total. The van der Waals surface area contributed by atoms with Gasteiger partial charge in [0.05, 0.1) is 7.20 Å². The number of benzene rings is 2. The number of carboxylic acid groups (broad SMARTS) is 2. The van der Waals surface area contributed by atoms with Gasteiger partial charge >= 0.3 is 5.97 Å². The summed E-state index contributed by atoms with van der Waals surface area (Å²) in [5.74, 6) is -2.65. The van der Waals surface area contributed by atoms with E-state index in [1.165, 1.54) is 16.7 Å². The Morgan fingerprint density at radius 2 is 2.00 bits per heavy atom. The number of carbonyl (C=O) groups is 2. The molecule has 1 atom stereocenters. The van der Waals surface area contributed by atoms with Gasteiger partial charge in [-0.25, -0.2) is 4.79 Å². The van der Waals surface area contributed by atoms with Crippen molar-refractivity contribution in [3.63, 3.8) is 0 Å². The second kappa shape index (κ2) is 9.85. The summed E-state index contributed by atoms with van der Waals surface area (Å²) in [4.78, 5) is 26.8. The van der Waals surface area contributed by atoms with E-state index in [0.717, 1.165) is 0 Å². The molecule has 0 amide bonds. The van der Waals surface area contributed by atoms with Crippen molar-refractivity contribution in [3.05, 3.63) is 77.3 Å². The van der Waals surface area contributed by atoms with E-state index in [0.29, 0.717) is 16.8 Å². The molecule has 1 unspecified atom stereocenters. The van der Waals surface area contributed by atoms with Gasteiger partial charge in [-0.1, -0.05) is 53.6 Å². The minimum absolute atomic E-state index is 0. The van der Waals surface area contributed by atoms with Crippen LogP contribution in [0, 0.1) is 13.1 Å². The Morgan fingerprint density at radius 3 is 2.59 bits per heavy atom. The van der Waals surface area contributed by atoms with E-state index in [1.807, 2.05) is 0 Å². The number of aromatic nitrogens is 2. The van der Waals surface area contributed by atoms with Gasteiger partial charge in [0.15, 0.2) is 0 Å². The molecule has 9 heteroatoms. The number of aryl methyl sites for hydroxylation is 1. The number of hydrogen-bond donors (Lipinski definition) is 2. The van der Waals surface area contributed by atoms with E-state index in [4.69, 9.17) is 14.0 Å². The smallest absolute Gasteiger partial charge is 0.349 e. The summed E-state index contributed by atoms with van der Waals surface area (Å²) in [5.41, 5.74) is 1.44. The average Bonchev–Trinajstić information content (AvgIpc) is 3.02. The number of aromatic carboxylic acids is 1. The first kappa shape index (κ1) is 21.3. The SMILES string of the molecule is [2H]c1cc(Cn2[c-]c(C)nc2C(=O)O)cc([B])c1OC(C(=O)O)c1ccccc1.[Y]. The van der Waals surface area contributed by atoms with Crippen LogP contribution in [0.1, 0.15) is 34.9 Å². The number of imidazole rings is 1. The summed E-state index contributed by atoms with van der Waals surface area (Å²) in [6.07, 6.45) is 1.49. The maximum Gasteiger partial charge on any atom is 0.349 e. The number of nitrogens with zero attached hydrogens (tertiary/aromatic N) is 2. The first-order chi connectivity index (χ1) is 13.8. The topological polar surface area (TPSA) is 102 Å². The van der Waals surface area contributed by atoms with Crippen molar-refractivity contribution < 1.29 is 58.6 Å². The molecule has 0 aliphatic carbocycles. The van der Waals surface area contributed by atoms with Gasteiger partial charge in [-0.15, -0.1) is 6.20 Å². The predicted molar refractivity (Wildman–Crippen MR) is 101 cm³/mol. The second-order valence-electron chi connectivity index (χ2n) is 6.06. The first-order valence-electron chi connectivity index (χ1n) is 8.79. The molecule has 1 heterocycles. The molecule has 143 valence electrons. The van der Waals surface area contributed by atoms with Crippen molar-refractivity contribution in [2.24, 2.45) is 0 Å². The molecule has 2 aromatic carbocycles. The van der Waals surface area contributed by atoms with Crippen molar-refractivity contribution in [2.75, 3.05) is 0 Å². The Hall–Kier alpha value is -2.44. The monoisotopic (exact) mass is 465 g/mol. The van der Waals surface area contributed by atoms with Gasteiger partial charge in [0.2, 0.25) is 6.10 Å². The maximum atomic E-state index is 11.6.